The molecular formula is C66H60N2. The van der Waals surface area contributed by atoms with E-state index in [4.69, 9.17) is 0 Å². The molecule has 2 aliphatic heterocycles. The van der Waals surface area contributed by atoms with E-state index in [1.54, 1.807) is 0 Å². The second-order valence-electron chi connectivity index (χ2n) is 21.4. The first-order chi connectivity index (χ1) is 33.2. The third kappa shape index (κ3) is 5.82. The fraction of sp³-hybridized carbons (Fsp3) is 0.242. The van der Waals surface area contributed by atoms with Crippen LogP contribution in [0.15, 0.2) is 194 Å². The number of para-hydroxylation sites is 2. The predicted octanol–water partition coefficient (Wildman–Crippen LogP) is 18.1. The van der Waals surface area contributed by atoms with Gasteiger partial charge in [0.05, 0.1) is 11.1 Å². The van der Waals surface area contributed by atoms with Gasteiger partial charge in [-0.25, -0.2) is 0 Å². The molecule has 2 aliphatic carbocycles. The molecule has 0 amide bonds. The first-order valence-corrected chi connectivity index (χ1v) is 25.4. The molecule has 13 rings (SSSR count). The van der Waals surface area contributed by atoms with E-state index >= 15 is 0 Å². The lowest BCUT2D eigenvalue weighted by atomic mass is 9.61. The molecule has 0 N–H and O–H groups in total. The minimum Gasteiger partial charge on any atom is -0.334 e. The average molecular weight is 881 g/mol. The normalized spacial score (nSPS) is 23.9. The third-order valence-electron chi connectivity index (χ3n) is 18.2. The van der Waals surface area contributed by atoms with Gasteiger partial charge in [-0.2, -0.15) is 0 Å². The van der Waals surface area contributed by atoms with E-state index in [1.165, 1.54) is 151 Å². The lowest BCUT2D eigenvalue weighted by Crippen LogP contribution is -2.54. The Morgan fingerprint density at radius 2 is 0.618 bits per heavy atom. The van der Waals surface area contributed by atoms with Crippen molar-refractivity contribution in [2.75, 3.05) is 9.80 Å². The van der Waals surface area contributed by atoms with E-state index in [-0.39, 0.29) is 21.9 Å². The van der Waals surface area contributed by atoms with Crippen LogP contribution >= 0.6 is 0 Å². The number of hydrogen-bond donors (Lipinski definition) is 0. The molecule has 0 aromatic heterocycles. The summed E-state index contributed by atoms with van der Waals surface area (Å²) in [7, 11) is 0. The Morgan fingerprint density at radius 3 is 0.985 bits per heavy atom. The Labute approximate surface area is 402 Å². The van der Waals surface area contributed by atoms with Crippen molar-refractivity contribution in [1.29, 1.82) is 0 Å². The lowest BCUT2D eigenvalue weighted by molar-refractivity contribution is 0.195. The summed E-state index contributed by atoms with van der Waals surface area (Å²) >= 11 is 0. The number of benzene rings is 9. The van der Waals surface area contributed by atoms with Crippen LogP contribution in [0.4, 0.5) is 22.7 Å². The molecule has 4 aliphatic rings. The van der Waals surface area contributed by atoms with Gasteiger partial charge in [0.2, 0.25) is 0 Å². The SMILES string of the molecule is CC12CCCCC1(C)N(c1ccccc1)c1ccc(-c3ccc(-c4c5ccccc5c(-c5ccc(-c6ccc7c(c6)C6(C)CCCCC6(C)N7c6ccccc6)cc5)c5ccccc45)cc3)cc12. The number of rotatable bonds is 6. The summed E-state index contributed by atoms with van der Waals surface area (Å²) in [6.45, 7) is 10.1. The molecule has 0 bridgehead atoms. The summed E-state index contributed by atoms with van der Waals surface area (Å²) in [5, 5.41) is 5.13. The Bertz CT molecular complexity index is 3120. The maximum Gasteiger partial charge on any atom is 0.0517 e. The van der Waals surface area contributed by atoms with Crippen molar-refractivity contribution >= 4 is 44.3 Å². The predicted molar refractivity (Wildman–Crippen MR) is 289 cm³/mol. The fourth-order valence-corrected chi connectivity index (χ4v) is 14.2. The van der Waals surface area contributed by atoms with Crippen molar-refractivity contribution in [3.8, 4) is 44.5 Å². The molecule has 2 fully saturated rings. The summed E-state index contributed by atoms with van der Waals surface area (Å²) in [6, 6.07) is 73.7. The third-order valence-corrected chi connectivity index (χ3v) is 18.2. The van der Waals surface area contributed by atoms with Crippen molar-refractivity contribution in [1.82, 2.24) is 0 Å². The first kappa shape index (κ1) is 41.3. The molecule has 0 radical (unpaired) electrons. The van der Waals surface area contributed by atoms with Gasteiger partial charge in [-0.05, 0) is 165 Å². The van der Waals surface area contributed by atoms with Crippen LogP contribution in [-0.4, -0.2) is 11.1 Å². The maximum absolute atomic E-state index is 2.67. The molecule has 2 heteroatoms. The summed E-state index contributed by atoms with van der Waals surface area (Å²) in [5.74, 6) is 0. The molecule has 2 nitrogen and oxygen atoms in total. The number of nitrogens with zero attached hydrogens (tertiary/aromatic N) is 2. The van der Waals surface area contributed by atoms with Crippen LogP contribution in [0.5, 0.6) is 0 Å². The Balaban J connectivity index is 0.861. The van der Waals surface area contributed by atoms with E-state index in [2.05, 4.69) is 232 Å². The minimum atomic E-state index is 0.0395. The first-order valence-electron chi connectivity index (χ1n) is 25.4. The number of anilines is 4. The zero-order valence-corrected chi connectivity index (χ0v) is 40.0. The minimum absolute atomic E-state index is 0.0395. The maximum atomic E-state index is 2.67. The highest BCUT2D eigenvalue weighted by molar-refractivity contribution is 6.21. The summed E-state index contributed by atoms with van der Waals surface area (Å²) in [5.41, 5.74) is 18.8. The van der Waals surface area contributed by atoms with Crippen LogP contribution in [0.1, 0.15) is 90.2 Å². The zero-order chi connectivity index (χ0) is 45.8. The van der Waals surface area contributed by atoms with Crippen LogP contribution in [0, 0.1) is 0 Å². The molecular weight excluding hydrogens is 821 g/mol. The van der Waals surface area contributed by atoms with Gasteiger partial charge < -0.3 is 9.80 Å². The van der Waals surface area contributed by atoms with E-state index in [9.17, 15) is 0 Å². The van der Waals surface area contributed by atoms with Crippen molar-refractivity contribution in [2.45, 2.75) is 101 Å². The topological polar surface area (TPSA) is 6.48 Å². The Morgan fingerprint density at radius 1 is 0.309 bits per heavy atom. The lowest BCUT2D eigenvalue weighted by Gasteiger charge is -2.50. The monoisotopic (exact) mass is 880 g/mol. The molecule has 0 spiro atoms. The van der Waals surface area contributed by atoms with Crippen molar-refractivity contribution in [3.63, 3.8) is 0 Å². The summed E-state index contributed by atoms with van der Waals surface area (Å²) in [4.78, 5) is 5.34. The molecule has 2 saturated carbocycles. The van der Waals surface area contributed by atoms with Gasteiger partial charge in [-0.3, -0.25) is 0 Å². The fourth-order valence-electron chi connectivity index (χ4n) is 14.2. The van der Waals surface area contributed by atoms with Gasteiger partial charge in [0.1, 0.15) is 0 Å². The second kappa shape index (κ2) is 15.3. The van der Waals surface area contributed by atoms with Crippen molar-refractivity contribution < 1.29 is 0 Å². The highest BCUT2D eigenvalue weighted by Crippen LogP contribution is 2.63. The van der Waals surface area contributed by atoms with Crippen LogP contribution in [-0.2, 0) is 10.8 Å². The molecule has 4 atom stereocenters. The van der Waals surface area contributed by atoms with E-state index in [0.717, 1.165) is 0 Å². The van der Waals surface area contributed by atoms with Gasteiger partial charge in [0.15, 0.2) is 0 Å². The number of hydrogen-bond acceptors (Lipinski definition) is 2. The van der Waals surface area contributed by atoms with E-state index in [0.29, 0.717) is 0 Å². The molecule has 4 unspecified atom stereocenters. The van der Waals surface area contributed by atoms with Crippen LogP contribution in [0.3, 0.4) is 0 Å². The molecule has 9 aromatic rings. The van der Waals surface area contributed by atoms with Crippen molar-refractivity contribution in [3.05, 3.63) is 205 Å². The second-order valence-corrected chi connectivity index (χ2v) is 21.4. The van der Waals surface area contributed by atoms with Gasteiger partial charge >= 0.3 is 0 Å². The van der Waals surface area contributed by atoms with Gasteiger partial charge in [-0.15, -0.1) is 0 Å². The van der Waals surface area contributed by atoms with E-state index in [1.807, 2.05) is 0 Å². The van der Waals surface area contributed by atoms with Crippen molar-refractivity contribution in [2.24, 2.45) is 0 Å². The zero-order valence-electron chi connectivity index (χ0n) is 40.0. The highest BCUT2D eigenvalue weighted by atomic mass is 15.3. The Kier molecular flexibility index (Phi) is 9.30. The van der Waals surface area contributed by atoms with Crippen LogP contribution in [0.25, 0.3) is 66.1 Å². The smallest absolute Gasteiger partial charge is 0.0517 e. The summed E-state index contributed by atoms with van der Waals surface area (Å²) in [6.07, 6.45) is 9.94. The average Bonchev–Trinajstić information content (AvgIpc) is 3.73. The molecule has 9 aromatic carbocycles. The summed E-state index contributed by atoms with van der Waals surface area (Å²) < 4.78 is 0. The van der Waals surface area contributed by atoms with Crippen LogP contribution < -0.4 is 9.80 Å². The molecule has 68 heavy (non-hydrogen) atoms. The molecule has 334 valence electrons. The highest BCUT2D eigenvalue weighted by Gasteiger charge is 2.59. The van der Waals surface area contributed by atoms with Gasteiger partial charge in [0, 0.05) is 33.6 Å². The Hall–Kier alpha value is -6.90. The van der Waals surface area contributed by atoms with E-state index < -0.39 is 0 Å². The molecule has 2 heterocycles. The largest absolute Gasteiger partial charge is 0.334 e. The van der Waals surface area contributed by atoms with Gasteiger partial charge in [-0.1, -0.05) is 185 Å². The quantitative estimate of drug-likeness (QED) is 0.154. The van der Waals surface area contributed by atoms with Crippen LogP contribution in [0.2, 0.25) is 0 Å². The standard InChI is InChI=1S/C66H60N2/c1-63-39-15-17-41-65(63,3)67(51-19-7-5-8-20-51)59-37-35-49(43-57(59)63)45-27-31-47(32-28-45)61-53-23-11-13-25-55(53)62(56-26-14-12-24-54(56)61)48-33-29-46(30-34-48)50-36-38-60-58(44-50)64(2)40-16-18-42-66(64,4)68(60)52-21-9-6-10-22-52/h5-14,19-38,43-44H,15-18,39-42H2,1-4H3. The van der Waals surface area contributed by atoms with Gasteiger partial charge in [0.25, 0.3) is 0 Å². The number of fused-ring (bicyclic) bond motifs is 8. The molecule has 0 saturated heterocycles.